The standard InChI is InChI=1S/C28H40N2O5/c1-17(31)21-8-9-22-20-7-6-18-15-19(10-12-27(18,2)23(20)11-13-28(21,22)3)29-35-16-25(32)30-14-4-5-24(30)26(33)34/h15,20-24H,4-14,16H2,1-3H3,(H,33,34)/b29-19+/t20-,21?,22-,23-,24?,27-,28+/m0/s1. The van der Waals surface area contributed by atoms with Crippen LogP contribution >= 0.6 is 0 Å². The first kappa shape index (κ1) is 24.5. The largest absolute Gasteiger partial charge is 0.480 e. The molecule has 7 atom stereocenters. The SMILES string of the molecule is CC(=O)C1CC[C@H]2[C@@H]3CCC4=C/C(=N/OCC(=O)N5CCCC5C(=O)O)CC[C@]4(C)[C@H]3CC[C@]12C. The fraction of sp³-hybridized carbons (Fsp3) is 0.786. The van der Waals surface area contributed by atoms with Crippen LogP contribution in [0.25, 0.3) is 0 Å². The molecule has 3 saturated carbocycles. The normalized spacial score (nSPS) is 41.6. The third-order valence-electron chi connectivity index (χ3n) is 10.7. The molecule has 0 radical (unpaired) electrons. The average Bonchev–Trinajstić information content (AvgIpc) is 3.44. The third-order valence-corrected chi connectivity index (χ3v) is 10.7. The third kappa shape index (κ3) is 4.03. The van der Waals surface area contributed by atoms with E-state index in [-0.39, 0.29) is 29.3 Å². The van der Waals surface area contributed by atoms with Crippen LogP contribution in [0.4, 0.5) is 0 Å². The molecule has 0 aromatic heterocycles. The molecular formula is C28H40N2O5. The van der Waals surface area contributed by atoms with Crippen LogP contribution in [0.3, 0.4) is 0 Å². The van der Waals surface area contributed by atoms with Gasteiger partial charge in [0.25, 0.3) is 5.91 Å². The van der Waals surface area contributed by atoms with Crippen molar-refractivity contribution in [3.63, 3.8) is 0 Å². The number of carbonyl (C=O) groups excluding carboxylic acids is 2. The summed E-state index contributed by atoms with van der Waals surface area (Å²) in [5, 5.41) is 13.6. The summed E-state index contributed by atoms with van der Waals surface area (Å²) in [6.07, 6.45) is 12.2. The van der Waals surface area contributed by atoms with Crippen LogP contribution in [0.1, 0.15) is 85.0 Å². The van der Waals surface area contributed by atoms with E-state index in [2.05, 4.69) is 25.1 Å². The highest BCUT2D eigenvalue weighted by Gasteiger charge is 2.59. The highest BCUT2D eigenvalue weighted by Crippen LogP contribution is 2.66. The van der Waals surface area contributed by atoms with Gasteiger partial charge >= 0.3 is 5.97 Å². The van der Waals surface area contributed by atoms with Crippen molar-refractivity contribution >= 4 is 23.4 Å². The highest BCUT2D eigenvalue weighted by atomic mass is 16.6. The zero-order valence-corrected chi connectivity index (χ0v) is 21.4. The second-order valence-corrected chi connectivity index (χ2v) is 12.2. The first-order valence-electron chi connectivity index (χ1n) is 13.6. The minimum absolute atomic E-state index is 0.178. The smallest absolute Gasteiger partial charge is 0.326 e. The van der Waals surface area contributed by atoms with Gasteiger partial charge in [0.05, 0.1) is 5.71 Å². The van der Waals surface area contributed by atoms with Gasteiger partial charge in [-0.2, -0.15) is 0 Å². The van der Waals surface area contributed by atoms with Gasteiger partial charge in [-0.1, -0.05) is 24.6 Å². The Labute approximate surface area is 208 Å². The van der Waals surface area contributed by atoms with E-state index in [0.29, 0.717) is 42.9 Å². The van der Waals surface area contributed by atoms with E-state index in [1.54, 1.807) is 6.92 Å². The number of carboxylic acid groups (broad SMARTS) is 1. The minimum Gasteiger partial charge on any atom is -0.480 e. The summed E-state index contributed by atoms with van der Waals surface area (Å²) in [5.41, 5.74) is 2.71. The first-order chi connectivity index (χ1) is 16.6. The quantitative estimate of drug-likeness (QED) is 0.575. The Morgan fingerprint density at radius 1 is 1.09 bits per heavy atom. The van der Waals surface area contributed by atoms with Crippen LogP contribution in [-0.4, -0.2) is 52.6 Å². The summed E-state index contributed by atoms with van der Waals surface area (Å²) in [7, 11) is 0. The predicted octanol–water partition coefficient (Wildman–Crippen LogP) is 4.60. The number of aliphatic carboxylic acids is 1. The van der Waals surface area contributed by atoms with E-state index in [1.807, 2.05) is 0 Å². The molecular weight excluding hydrogens is 444 g/mol. The molecule has 1 heterocycles. The number of allylic oxidation sites excluding steroid dienone is 2. The number of ketones is 1. The monoisotopic (exact) mass is 484 g/mol. The number of amides is 1. The Hall–Kier alpha value is -2.18. The first-order valence-corrected chi connectivity index (χ1v) is 13.6. The molecule has 4 fully saturated rings. The number of carboxylic acids is 1. The Morgan fingerprint density at radius 2 is 1.89 bits per heavy atom. The van der Waals surface area contributed by atoms with Crippen molar-refractivity contribution in [2.45, 2.75) is 91.0 Å². The number of fused-ring (bicyclic) bond motifs is 5. The highest BCUT2D eigenvalue weighted by molar-refractivity contribution is 5.96. The molecule has 35 heavy (non-hydrogen) atoms. The van der Waals surface area contributed by atoms with Crippen molar-refractivity contribution in [3.8, 4) is 0 Å². The molecule has 7 heteroatoms. The summed E-state index contributed by atoms with van der Waals surface area (Å²) >= 11 is 0. The van der Waals surface area contributed by atoms with E-state index < -0.39 is 12.0 Å². The van der Waals surface area contributed by atoms with Crippen LogP contribution in [-0.2, 0) is 19.2 Å². The number of hydrogen-bond donors (Lipinski definition) is 1. The molecule has 5 rings (SSSR count). The molecule has 192 valence electrons. The van der Waals surface area contributed by atoms with Gasteiger partial charge in [0.2, 0.25) is 0 Å². The summed E-state index contributed by atoms with van der Waals surface area (Å²) in [6, 6.07) is -0.741. The maximum absolute atomic E-state index is 12.5. The lowest BCUT2D eigenvalue weighted by Crippen LogP contribution is -2.51. The fourth-order valence-corrected chi connectivity index (χ4v) is 8.89. The van der Waals surface area contributed by atoms with Gasteiger partial charge in [-0.05, 0) is 106 Å². The molecule has 0 bridgehead atoms. The fourth-order valence-electron chi connectivity index (χ4n) is 8.89. The summed E-state index contributed by atoms with van der Waals surface area (Å²) in [4.78, 5) is 43.0. The van der Waals surface area contributed by atoms with E-state index in [4.69, 9.17) is 4.84 Å². The van der Waals surface area contributed by atoms with Crippen molar-refractivity contribution in [2.24, 2.45) is 39.7 Å². The van der Waals surface area contributed by atoms with E-state index in [0.717, 1.165) is 37.8 Å². The summed E-state index contributed by atoms with van der Waals surface area (Å²) < 4.78 is 0. The van der Waals surface area contributed by atoms with Gasteiger partial charge in [0, 0.05) is 12.5 Å². The second-order valence-electron chi connectivity index (χ2n) is 12.2. The molecule has 5 aliphatic rings. The molecule has 0 aromatic carbocycles. The van der Waals surface area contributed by atoms with Crippen LogP contribution in [0.15, 0.2) is 16.8 Å². The number of carbonyl (C=O) groups is 3. The molecule has 1 aliphatic heterocycles. The summed E-state index contributed by atoms with van der Waals surface area (Å²) in [5.74, 6) is 1.41. The van der Waals surface area contributed by atoms with Crippen molar-refractivity contribution in [1.82, 2.24) is 4.90 Å². The molecule has 1 amide bonds. The Kier molecular flexibility index (Phi) is 6.33. The second kappa shape index (κ2) is 9.04. The van der Waals surface area contributed by atoms with Crippen LogP contribution in [0.2, 0.25) is 0 Å². The van der Waals surface area contributed by atoms with Crippen molar-refractivity contribution < 1.29 is 24.3 Å². The molecule has 7 nitrogen and oxygen atoms in total. The van der Waals surface area contributed by atoms with Gasteiger partial charge in [0.15, 0.2) is 6.61 Å². The minimum atomic E-state index is -0.952. The Bertz CT molecular complexity index is 972. The van der Waals surface area contributed by atoms with Gasteiger partial charge in [-0.15, -0.1) is 0 Å². The molecule has 1 saturated heterocycles. The lowest BCUT2D eigenvalue weighted by molar-refractivity contribution is -0.150. The van der Waals surface area contributed by atoms with Crippen LogP contribution in [0.5, 0.6) is 0 Å². The van der Waals surface area contributed by atoms with Crippen LogP contribution in [0, 0.1) is 34.5 Å². The number of likely N-dealkylation sites (tertiary alicyclic amines) is 1. The molecule has 0 spiro atoms. The number of oxime groups is 1. The Balaban J connectivity index is 1.24. The van der Waals surface area contributed by atoms with Gasteiger partial charge in [-0.3, -0.25) is 9.59 Å². The molecule has 2 unspecified atom stereocenters. The van der Waals surface area contributed by atoms with Gasteiger partial charge in [0.1, 0.15) is 11.8 Å². The maximum atomic E-state index is 12.5. The number of rotatable bonds is 5. The zero-order valence-electron chi connectivity index (χ0n) is 21.4. The zero-order chi connectivity index (χ0) is 25.0. The van der Waals surface area contributed by atoms with Crippen molar-refractivity contribution in [3.05, 3.63) is 11.6 Å². The van der Waals surface area contributed by atoms with Gasteiger partial charge < -0.3 is 14.8 Å². The molecule has 4 aliphatic carbocycles. The summed E-state index contributed by atoms with van der Waals surface area (Å²) in [6.45, 7) is 6.88. The van der Waals surface area contributed by atoms with Crippen molar-refractivity contribution in [1.29, 1.82) is 0 Å². The van der Waals surface area contributed by atoms with E-state index in [1.165, 1.54) is 29.7 Å². The number of hydrogen-bond acceptors (Lipinski definition) is 5. The number of Topliss-reactive ketones (excluding diaryl/α,β-unsaturated/α-hetero) is 1. The van der Waals surface area contributed by atoms with Crippen molar-refractivity contribution in [2.75, 3.05) is 13.2 Å². The maximum Gasteiger partial charge on any atom is 0.326 e. The predicted molar refractivity (Wildman–Crippen MR) is 132 cm³/mol. The number of nitrogens with zero attached hydrogens (tertiary/aromatic N) is 2. The Morgan fingerprint density at radius 3 is 2.63 bits per heavy atom. The van der Waals surface area contributed by atoms with E-state index in [9.17, 15) is 19.5 Å². The molecule has 0 aromatic rings. The van der Waals surface area contributed by atoms with Gasteiger partial charge in [-0.25, -0.2) is 4.79 Å². The topological polar surface area (TPSA) is 96.3 Å². The lowest BCUT2D eigenvalue weighted by atomic mass is 9.46. The lowest BCUT2D eigenvalue weighted by Gasteiger charge is -2.58. The average molecular weight is 485 g/mol. The molecule has 1 N–H and O–H groups in total. The van der Waals surface area contributed by atoms with Crippen LogP contribution < -0.4 is 0 Å². The van der Waals surface area contributed by atoms with E-state index >= 15 is 0 Å².